The normalized spacial score (nSPS) is 10.2. The summed E-state index contributed by atoms with van der Waals surface area (Å²) >= 11 is 2.15. The summed E-state index contributed by atoms with van der Waals surface area (Å²) in [6.45, 7) is 5.30. The van der Waals surface area contributed by atoms with Gasteiger partial charge in [-0.2, -0.15) is 0 Å². The molecule has 1 aromatic rings. The number of benzene rings is 1. The predicted molar refractivity (Wildman–Crippen MR) is 72.3 cm³/mol. The van der Waals surface area contributed by atoms with Crippen molar-refractivity contribution >= 4 is 28.5 Å². The van der Waals surface area contributed by atoms with Gasteiger partial charge in [-0.1, -0.05) is 0 Å². The molecule has 0 bridgehead atoms. The van der Waals surface area contributed by atoms with Crippen molar-refractivity contribution in [3.63, 3.8) is 0 Å². The Morgan fingerprint density at radius 3 is 2.50 bits per heavy atom. The summed E-state index contributed by atoms with van der Waals surface area (Å²) < 4.78 is 0.983. The maximum Gasteiger partial charge on any atom is 0.253 e. The highest BCUT2D eigenvalue weighted by atomic mass is 127. The van der Waals surface area contributed by atoms with Crippen LogP contribution in [-0.2, 0) is 6.61 Å². The molecule has 1 amide bonds. The molecule has 3 nitrogen and oxygen atoms in total. The lowest BCUT2D eigenvalue weighted by atomic mass is 10.1. The van der Waals surface area contributed by atoms with E-state index in [1.165, 1.54) is 0 Å². The van der Waals surface area contributed by atoms with Gasteiger partial charge in [-0.05, 0) is 60.2 Å². The van der Waals surface area contributed by atoms with Crippen LogP contribution in [0.4, 0.5) is 0 Å². The number of aliphatic hydroxyl groups excluding tert-OH is 1. The molecule has 0 unspecified atom stereocenters. The van der Waals surface area contributed by atoms with Gasteiger partial charge in [-0.25, -0.2) is 0 Å². The van der Waals surface area contributed by atoms with E-state index >= 15 is 0 Å². The van der Waals surface area contributed by atoms with Crippen molar-refractivity contribution in [1.82, 2.24) is 4.90 Å². The summed E-state index contributed by atoms with van der Waals surface area (Å²) in [7, 11) is 0. The number of halogens is 1. The van der Waals surface area contributed by atoms with Crippen molar-refractivity contribution in [1.29, 1.82) is 0 Å². The van der Waals surface area contributed by atoms with Crippen LogP contribution < -0.4 is 0 Å². The molecule has 0 aliphatic rings. The first kappa shape index (κ1) is 13.4. The smallest absolute Gasteiger partial charge is 0.253 e. The first-order valence-corrected chi connectivity index (χ1v) is 6.40. The first-order valence-electron chi connectivity index (χ1n) is 5.32. The van der Waals surface area contributed by atoms with Crippen LogP contribution in [0.1, 0.15) is 29.8 Å². The Kier molecular flexibility index (Phi) is 5.21. The lowest BCUT2D eigenvalue weighted by molar-refractivity contribution is 0.0773. The first-order chi connectivity index (χ1) is 7.63. The third kappa shape index (κ3) is 2.95. The number of hydrogen-bond acceptors (Lipinski definition) is 2. The van der Waals surface area contributed by atoms with Crippen molar-refractivity contribution in [2.45, 2.75) is 20.5 Å². The van der Waals surface area contributed by atoms with Gasteiger partial charge in [0.15, 0.2) is 0 Å². The Bertz CT molecular complexity index is 375. The molecule has 0 aromatic heterocycles. The molecule has 0 atom stereocenters. The predicted octanol–water partition coefficient (Wildman–Crippen LogP) is 2.27. The highest BCUT2D eigenvalue weighted by Gasteiger charge is 2.13. The van der Waals surface area contributed by atoms with Crippen molar-refractivity contribution in [2.75, 3.05) is 13.1 Å². The van der Waals surface area contributed by atoms with Gasteiger partial charge < -0.3 is 10.0 Å². The van der Waals surface area contributed by atoms with Gasteiger partial charge in [0.05, 0.1) is 6.61 Å². The molecule has 16 heavy (non-hydrogen) atoms. The summed E-state index contributed by atoms with van der Waals surface area (Å²) in [6, 6.07) is 5.44. The number of rotatable bonds is 4. The third-order valence-corrected chi connectivity index (χ3v) is 3.57. The van der Waals surface area contributed by atoms with E-state index in [0.29, 0.717) is 18.7 Å². The van der Waals surface area contributed by atoms with E-state index < -0.39 is 0 Å². The fourth-order valence-electron chi connectivity index (χ4n) is 1.52. The Morgan fingerprint density at radius 2 is 2.00 bits per heavy atom. The Hall–Kier alpha value is -0.620. The number of carbonyl (C=O) groups is 1. The largest absolute Gasteiger partial charge is 0.392 e. The number of nitrogens with zero attached hydrogens (tertiary/aromatic N) is 1. The van der Waals surface area contributed by atoms with Crippen LogP contribution in [0.5, 0.6) is 0 Å². The molecule has 0 radical (unpaired) electrons. The molecule has 0 fully saturated rings. The second-order valence-electron chi connectivity index (χ2n) is 3.44. The highest BCUT2D eigenvalue weighted by molar-refractivity contribution is 14.1. The molecule has 1 aromatic carbocycles. The summed E-state index contributed by atoms with van der Waals surface area (Å²) in [5.41, 5.74) is 1.45. The van der Waals surface area contributed by atoms with Crippen LogP contribution in [-0.4, -0.2) is 29.0 Å². The van der Waals surface area contributed by atoms with Crippen LogP contribution in [0, 0.1) is 3.57 Å². The van der Waals surface area contributed by atoms with Gasteiger partial charge in [0.25, 0.3) is 5.91 Å². The molecule has 0 saturated heterocycles. The molecule has 0 aliphatic carbocycles. The van der Waals surface area contributed by atoms with Gasteiger partial charge >= 0.3 is 0 Å². The quantitative estimate of drug-likeness (QED) is 0.859. The molecule has 0 aliphatic heterocycles. The highest BCUT2D eigenvalue weighted by Crippen LogP contribution is 2.15. The zero-order chi connectivity index (χ0) is 12.1. The van der Waals surface area contributed by atoms with E-state index in [0.717, 1.165) is 9.13 Å². The second kappa shape index (κ2) is 6.20. The number of aliphatic hydroxyl groups is 1. The van der Waals surface area contributed by atoms with Gasteiger partial charge in [-0.3, -0.25) is 4.79 Å². The number of amides is 1. The standard InChI is InChI=1S/C12H16INO2/c1-3-14(4-2)12(16)9-5-6-11(13)10(7-9)8-15/h5-7,15H,3-4,8H2,1-2H3. The lowest BCUT2D eigenvalue weighted by Crippen LogP contribution is -2.30. The lowest BCUT2D eigenvalue weighted by Gasteiger charge is -2.19. The molecule has 88 valence electrons. The Labute approximate surface area is 110 Å². The van der Waals surface area contributed by atoms with Gasteiger partial charge in [-0.15, -0.1) is 0 Å². The maximum atomic E-state index is 12.0. The average molecular weight is 333 g/mol. The molecule has 0 spiro atoms. The molecular formula is C12H16INO2. The van der Waals surface area contributed by atoms with Crippen LogP contribution in [0.2, 0.25) is 0 Å². The number of hydrogen-bond donors (Lipinski definition) is 1. The fourth-order valence-corrected chi connectivity index (χ4v) is 2.03. The van der Waals surface area contributed by atoms with Crippen LogP contribution in [0.25, 0.3) is 0 Å². The average Bonchev–Trinajstić information content (AvgIpc) is 2.31. The minimum atomic E-state index is -0.0301. The van der Waals surface area contributed by atoms with Crippen molar-refractivity contribution < 1.29 is 9.90 Å². The Morgan fingerprint density at radius 1 is 1.38 bits per heavy atom. The number of carbonyl (C=O) groups excluding carboxylic acids is 1. The van der Waals surface area contributed by atoms with E-state index in [9.17, 15) is 4.79 Å². The third-order valence-electron chi connectivity index (χ3n) is 2.51. The van der Waals surface area contributed by atoms with E-state index in [4.69, 9.17) is 5.11 Å². The van der Waals surface area contributed by atoms with Crippen LogP contribution >= 0.6 is 22.6 Å². The maximum absolute atomic E-state index is 12.0. The van der Waals surface area contributed by atoms with Gasteiger partial charge in [0, 0.05) is 22.2 Å². The zero-order valence-corrected chi connectivity index (χ0v) is 11.7. The SMILES string of the molecule is CCN(CC)C(=O)c1ccc(I)c(CO)c1. The topological polar surface area (TPSA) is 40.5 Å². The molecule has 4 heteroatoms. The van der Waals surface area contributed by atoms with E-state index in [2.05, 4.69) is 22.6 Å². The summed E-state index contributed by atoms with van der Waals surface area (Å²) in [4.78, 5) is 13.8. The molecule has 0 saturated carbocycles. The van der Waals surface area contributed by atoms with E-state index in [1.54, 1.807) is 11.0 Å². The minimum Gasteiger partial charge on any atom is -0.392 e. The molecule has 0 heterocycles. The summed E-state index contributed by atoms with van der Waals surface area (Å²) in [5.74, 6) is 0.0242. The van der Waals surface area contributed by atoms with Crippen LogP contribution in [0.15, 0.2) is 18.2 Å². The molecule has 1 rings (SSSR count). The molecule has 1 N–H and O–H groups in total. The van der Waals surface area contributed by atoms with Gasteiger partial charge in [0.1, 0.15) is 0 Å². The van der Waals surface area contributed by atoms with Crippen LogP contribution in [0.3, 0.4) is 0 Å². The summed E-state index contributed by atoms with van der Waals surface area (Å²) in [6.07, 6.45) is 0. The van der Waals surface area contributed by atoms with E-state index in [-0.39, 0.29) is 12.5 Å². The zero-order valence-electron chi connectivity index (χ0n) is 9.53. The monoisotopic (exact) mass is 333 g/mol. The van der Waals surface area contributed by atoms with E-state index in [1.807, 2.05) is 26.0 Å². The van der Waals surface area contributed by atoms with Crippen molar-refractivity contribution in [3.05, 3.63) is 32.9 Å². The Balaban J connectivity index is 3.00. The second-order valence-corrected chi connectivity index (χ2v) is 4.60. The minimum absolute atomic E-state index is 0.0242. The fraction of sp³-hybridized carbons (Fsp3) is 0.417. The van der Waals surface area contributed by atoms with Crippen molar-refractivity contribution in [2.24, 2.45) is 0 Å². The van der Waals surface area contributed by atoms with Gasteiger partial charge in [0.2, 0.25) is 0 Å². The molecular weight excluding hydrogens is 317 g/mol. The van der Waals surface area contributed by atoms with Crippen molar-refractivity contribution in [3.8, 4) is 0 Å². The summed E-state index contributed by atoms with van der Waals surface area (Å²) in [5, 5.41) is 9.15.